The standard InChI is InChI=1S/C10H11N3S/c1-6-3-4-7(2)8(5-6)9-12-13-10(11)14-9/h3-5H,1-2H3,(H2,11,13). The van der Waals surface area contributed by atoms with Gasteiger partial charge in [-0.05, 0) is 25.5 Å². The zero-order chi connectivity index (χ0) is 10.1. The van der Waals surface area contributed by atoms with Gasteiger partial charge in [0.05, 0.1) is 0 Å². The van der Waals surface area contributed by atoms with Crippen molar-refractivity contribution in [1.82, 2.24) is 10.2 Å². The summed E-state index contributed by atoms with van der Waals surface area (Å²) in [4.78, 5) is 0. The van der Waals surface area contributed by atoms with E-state index in [4.69, 9.17) is 5.73 Å². The van der Waals surface area contributed by atoms with Crippen LogP contribution >= 0.6 is 11.3 Å². The highest BCUT2D eigenvalue weighted by atomic mass is 32.1. The normalized spacial score (nSPS) is 10.4. The molecule has 0 amide bonds. The third-order valence-corrected chi connectivity index (χ3v) is 2.85. The van der Waals surface area contributed by atoms with Crippen molar-refractivity contribution in [2.24, 2.45) is 0 Å². The number of aromatic nitrogens is 2. The van der Waals surface area contributed by atoms with Crippen molar-refractivity contribution in [3.05, 3.63) is 29.3 Å². The van der Waals surface area contributed by atoms with Crippen molar-refractivity contribution in [3.63, 3.8) is 0 Å². The highest BCUT2D eigenvalue weighted by molar-refractivity contribution is 7.18. The Bertz CT molecular complexity index is 462. The lowest BCUT2D eigenvalue weighted by atomic mass is 10.1. The molecule has 0 aliphatic carbocycles. The van der Waals surface area contributed by atoms with Crippen molar-refractivity contribution in [3.8, 4) is 10.6 Å². The van der Waals surface area contributed by atoms with Gasteiger partial charge in [0.2, 0.25) is 5.13 Å². The van der Waals surface area contributed by atoms with Crippen molar-refractivity contribution in [2.75, 3.05) is 5.73 Å². The van der Waals surface area contributed by atoms with Gasteiger partial charge >= 0.3 is 0 Å². The number of hydrogen-bond acceptors (Lipinski definition) is 4. The monoisotopic (exact) mass is 205 g/mol. The number of nitrogens with zero attached hydrogens (tertiary/aromatic N) is 2. The van der Waals surface area contributed by atoms with E-state index in [1.807, 2.05) is 0 Å². The van der Waals surface area contributed by atoms with Gasteiger partial charge in [-0.3, -0.25) is 0 Å². The molecule has 2 N–H and O–H groups in total. The molecule has 0 saturated carbocycles. The fraction of sp³-hybridized carbons (Fsp3) is 0.200. The molecule has 1 heterocycles. The maximum absolute atomic E-state index is 5.55. The number of nitrogens with two attached hydrogens (primary N) is 1. The fourth-order valence-corrected chi connectivity index (χ4v) is 2.00. The first-order valence-electron chi connectivity index (χ1n) is 4.33. The van der Waals surface area contributed by atoms with Crippen LogP contribution in [0.15, 0.2) is 18.2 Å². The second-order valence-electron chi connectivity index (χ2n) is 3.26. The zero-order valence-corrected chi connectivity index (χ0v) is 8.93. The topological polar surface area (TPSA) is 51.8 Å². The molecule has 1 aromatic carbocycles. The van der Waals surface area contributed by atoms with E-state index in [1.54, 1.807) is 0 Å². The Kier molecular flexibility index (Phi) is 2.21. The first kappa shape index (κ1) is 9.15. The van der Waals surface area contributed by atoms with Crippen LogP contribution in [0, 0.1) is 13.8 Å². The molecule has 0 bridgehead atoms. The second kappa shape index (κ2) is 3.38. The minimum atomic E-state index is 0.515. The molecule has 0 aliphatic heterocycles. The number of aryl methyl sites for hydroxylation is 2. The van der Waals surface area contributed by atoms with E-state index in [0.29, 0.717) is 5.13 Å². The lowest BCUT2D eigenvalue weighted by Gasteiger charge is -2.02. The molecule has 1 aromatic heterocycles. The average Bonchev–Trinajstić information content (AvgIpc) is 2.56. The Morgan fingerprint density at radius 3 is 2.64 bits per heavy atom. The van der Waals surface area contributed by atoms with Gasteiger partial charge in [-0.25, -0.2) is 0 Å². The van der Waals surface area contributed by atoms with Crippen molar-refractivity contribution >= 4 is 16.5 Å². The molecule has 0 atom stereocenters. The van der Waals surface area contributed by atoms with E-state index in [2.05, 4.69) is 42.2 Å². The summed E-state index contributed by atoms with van der Waals surface area (Å²) in [5, 5.41) is 9.25. The first-order valence-corrected chi connectivity index (χ1v) is 5.15. The summed E-state index contributed by atoms with van der Waals surface area (Å²) in [7, 11) is 0. The predicted molar refractivity (Wildman–Crippen MR) is 59.2 cm³/mol. The van der Waals surface area contributed by atoms with Gasteiger partial charge in [-0.2, -0.15) is 0 Å². The molecule has 0 unspecified atom stereocenters. The van der Waals surface area contributed by atoms with Crippen LogP contribution < -0.4 is 5.73 Å². The summed E-state index contributed by atoms with van der Waals surface area (Å²) in [6, 6.07) is 6.28. The van der Waals surface area contributed by atoms with Gasteiger partial charge in [0.1, 0.15) is 5.01 Å². The van der Waals surface area contributed by atoms with E-state index in [1.165, 1.54) is 22.5 Å². The van der Waals surface area contributed by atoms with Gasteiger partial charge in [-0.1, -0.05) is 29.0 Å². The predicted octanol–water partition coefficient (Wildman–Crippen LogP) is 2.40. The maximum atomic E-state index is 5.55. The molecule has 2 aromatic rings. The Morgan fingerprint density at radius 2 is 2.00 bits per heavy atom. The number of anilines is 1. The largest absolute Gasteiger partial charge is 0.374 e. The quantitative estimate of drug-likeness (QED) is 0.777. The van der Waals surface area contributed by atoms with Gasteiger partial charge in [0.25, 0.3) is 0 Å². The summed E-state index contributed by atoms with van der Waals surface area (Å²) in [5.41, 5.74) is 9.10. The van der Waals surface area contributed by atoms with Crippen LogP contribution in [0.4, 0.5) is 5.13 Å². The maximum Gasteiger partial charge on any atom is 0.203 e. The molecule has 4 heteroatoms. The zero-order valence-electron chi connectivity index (χ0n) is 8.11. The SMILES string of the molecule is Cc1ccc(C)c(-c2nnc(N)s2)c1. The van der Waals surface area contributed by atoms with Crippen molar-refractivity contribution in [2.45, 2.75) is 13.8 Å². The Labute approximate surface area is 86.6 Å². The third kappa shape index (κ3) is 1.61. The average molecular weight is 205 g/mol. The summed E-state index contributed by atoms with van der Waals surface area (Å²) in [6.45, 7) is 4.12. The number of rotatable bonds is 1. The number of hydrogen-bond donors (Lipinski definition) is 1. The fourth-order valence-electron chi connectivity index (χ4n) is 1.31. The van der Waals surface area contributed by atoms with E-state index in [-0.39, 0.29) is 0 Å². The lowest BCUT2D eigenvalue weighted by molar-refractivity contribution is 1.10. The van der Waals surface area contributed by atoms with Crippen LogP contribution in [0.2, 0.25) is 0 Å². The summed E-state index contributed by atoms with van der Waals surface area (Å²) < 4.78 is 0. The van der Waals surface area contributed by atoms with Crippen molar-refractivity contribution in [1.29, 1.82) is 0 Å². The molecule has 0 aliphatic rings. The van der Waals surface area contributed by atoms with Gasteiger partial charge in [0.15, 0.2) is 0 Å². The lowest BCUT2D eigenvalue weighted by Crippen LogP contribution is -1.84. The Morgan fingerprint density at radius 1 is 1.21 bits per heavy atom. The van der Waals surface area contributed by atoms with E-state index in [0.717, 1.165) is 10.6 Å². The molecule has 2 rings (SSSR count). The molecule has 3 nitrogen and oxygen atoms in total. The van der Waals surface area contributed by atoms with Crippen LogP contribution in [-0.2, 0) is 0 Å². The van der Waals surface area contributed by atoms with Crippen LogP contribution in [0.5, 0.6) is 0 Å². The van der Waals surface area contributed by atoms with E-state index >= 15 is 0 Å². The molecule has 0 saturated heterocycles. The van der Waals surface area contributed by atoms with Gasteiger partial charge < -0.3 is 5.73 Å². The van der Waals surface area contributed by atoms with Crippen LogP contribution in [0.1, 0.15) is 11.1 Å². The van der Waals surface area contributed by atoms with Crippen molar-refractivity contribution < 1.29 is 0 Å². The van der Waals surface area contributed by atoms with Gasteiger partial charge in [0, 0.05) is 5.56 Å². The van der Waals surface area contributed by atoms with Crippen LogP contribution in [0.25, 0.3) is 10.6 Å². The Hall–Kier alpha value is -1.42. The molecule has 14 heavy (non-hydrogen) atoms. The molecular formula is C10H11N3S. The summed E-state index contributed by atoms with van der Waals surface area (Å²) in [6.07, 6.45) is 0. The summed E-state index contributed by atoms with van der Waals surface area (Å²) >= 11 is 1.42. The highest BCUT2D eigenvalue weighted by Gasteiger charge is 2.07. The smallest absolute Gasteiger partial charge is 0.203 e. The molecule has 0 radical (unpaired) electrons. The molecule has 72 valence electrons. The van der Waals surface area contributed by atoms with E-state index in [9.17, 15) is 0 Å². The highest BCUT2D eigenvalue weighted by Crippen LogP contribution is 2.28. The first-order chi connectivity index (χ1) is 6.66. The molecule has 0 fully saturated rings. The van der Waals surface area contributed by atoms with Crippen LogP contribution in [0.3, 0.4) is 0 Å². The van der Waals surface area contributed by atoms with Gasteiger partial charge in [-0.15, -0.1) is 10.2 Å². The minimum Gasteiger partial charge on any atom is -0.374 e. The Balaban J connectivity index is 2.55. The van der Waals surface area contributed by atoms with Crippen LogP contribution in [-0.4, -0.2) is 10.2 Å². The molecular weight excluding hydrogens is 194 g/mol. The summed E-state index contributed by atoms with van der Waals surface area (Å²) in [5.74, 6) is 0. The third-order valence-electron chi connectivity index (χ3n) is 2.06. The molecule has 0 spiro atoms. The number of benzene rings is 1. The minimum absolute atomic E-state index is 0.515. The van der Waals surface area contributed by atoms with E-state index < -0.39 is 0 Å². The number of nitrogen functional groups attached to an aromatic ring is 1. The second-order valence-corrected chi connectivity index (χ2v) is 4.27.